The Balaban J connectivity index is 1.55. The van der Waals surface area contributed by atoms with Crippen LogP contribution in [0.2, 0.25) is 0 Å². The van der Waals surface area contributed by atoms with Crippen molar-refractivity contribution in [2.24, 2.45) is 0 Å². The Morgan fingerprint density at radius 2 is 1.44 bits per heavy atom. The van der Waals surface area contributed by atoms with Crippen molar-refractivity contribution in [3.63, 3.8) is 0 Å². The molecular formula is C33H40O17. The van der Waals surface area contributed by atoms with Crippen LogP contribution in [0.15, 0.2) is 45.1 Å². The molecule has 2 aliphatic heterocycles. The van der Waals surface area contributed by atoms with Crippen LogP contribution in [0.5, 0.6) is 23.0 Å². The van der Waals surface area contributed by atoms with Gasteiger partial charge in [0.2, 0.25) is 11.7 Å². The molecule has 17 nitrogen and oxygen atoms in total. The Morgan fingerprint density at radius 3 is 2.06 bits per heavy atom. The maximum Gasteiger partial charge on any atom is 0.229 e. The first-order valence-electron chi connectivity index (χ1n) is 15.6. The largest absolute Gasteiger partial charge is 0.507 e. The van der Waals surface area contributed by atoms with Crippen LogP contribution in [0.1, 0.15) is 25.0 Å². The molecule has 11 N–H and O–H groups in total. The van der Waals surface area contributed by atoms with Crippen LogP contribution < -0.4 is 10.2 Å². The summed E-state index contributed by atoms with van der Waals surface area (Å²) >= 11 is 0. The van der Waals surface area contributed by atoms with E-state index < -0.39 is 104 Å². The first-order valence-corrected chi connectivity index (χ1v) is 15.6. The molecule has 10 atom stereocenters. The molecule has 274 valence electrons. The van der Waals surface area contributed by atoms with Gasteiger partial charge in [0, 0.05) is 23.3 Å². The highest BCUT2D eigenvalue weighted by Crippen LogP contribution is 2.39. The molecule has 10 unspecified atom stereocenters. The minimum absolute atomic E-state index is 0.109. The average molecular weight is 709 g/mol. The second kappa shape index (κ2) is 15.2. The van der Waals surface area contributed by atoms with Crippen molar-refractivity contribution >= 4 is 11.0 Å². The third-order valence-corrected chi connectivity index (χ3v) is 8.58. The van der Waals surface area contributed by atoms with Gasteiger partial charge in [0.15, 0.2) is 23.9 Å². The summed E-state index contributed by atoms with van der Waals surface area (Å²) in [5.41, 5.74) is -0.0588. The van der Waals surface area contributed by atoms with Gasteiger partial charge in [-0.2, -0.15) is 0 Å². The molecule has 0 amide bonds. The number of hydrogen-bond acceptors (Lipinski definition) is 17. The summed E-state index contributed by atoms with van der Waals surface area (Å²) in [7, 11) is 0. The van der Waals surface area contributed by atoms with Crippen molar-refractivity contribution in [2.75, 3.05) is 13.2 Å². The number of phenolic OH excluding ortho intramolecular Hbond substituents is 3. The van der Waals surface area contributed by atoms with E-state index in [1.807, 2.05) is 13.8 Å². The molecule has 5 rings (SSSR count). The number of phenols is 3. The van der Waals surface area contributed by atoms with Crippen molar-refractivity contribution in [3.05, 3.63) is 57.3 Å². The highest BCUT2D eigenvalue weighted by atomic mass is 16.8. The summed E-state index contributed by atoms with van der Waals surface area (Å²) in [6.07, 6.45) is -15.2. The van der Waals surface area contributed by atoms with Crippen LogP contribution in [0.25, 0.3) is 22.3 Å². The normalized spacial score (nSPS) is 30.0. The standard InChI is InChI=1S/C33H40O17/c1-12(2)3-4-13-5-14(6-18(38)23(13)39)30-16(9-34)24(40)22-17(37)7-15(8-19(22)47-30)46-33-31(28(44)26(42)21(11-36)49-33)50-32-29(45)27(43)25(41)20(10-35)48-32/h3,5-8,20-21,25-29,31-39,41-45H,4,9-11H2,1-2H3. The molecule has 0 spiro atoms. The van der Waals surface area contributed by atoms with Crippen molar-refractivity contribution in [1.29, 1.82) is 0 Å². The quantitative estimate of drug-likeness (QED) is 0.0851. The number of aliphatic hydroxyl groups excluding tert-OH is 8. The van der Waals surface area contributed by atoms with Gasteiger partial charge in [0.1, 0.15) is 71.0 Å². The molecule has 2 saturated heterocycles. The topological polar surface area (TPSA) is 290 Å². The van der Waals surface area contributed by atoms with E-state index in [4.69, 9.17) is 23.4 Å². The van der Waals surface area contributed by atoms with Crippen molar-refractivity contribution in [2.45, 2.75) is 88.3 Å². The summed E-state index contributed by atoms with van der Waals surface area (Å²) < 4.78 is 28.5. The highest BCUT2D eigenvalue weighted by Gasteiger charge is 2.51. The fourth-order valence-electron chi connectivity index (χ4n) is 5.80. The van der Waals surface area contributed by atoms with Crippen molar-refractivity contribution in [3.8, 4) is 34.3 Å². The summed E-state index contributed by atoms with van der Waals surface area (Å²) in [6.45, 7) is 1.27. The van der Waals surface area contributed by atoms with Crippen molar-refractivity contribution < 1.29 is 79.5 Å². The number of benzene rings is 2. The lowest BCUT2D eigenvalue weighted by Gasteiger charge is -2.45. The Kier molecular flexibility index (Phi) is 11.4. The second-order valence-corrected chi connectivity index (χ2v) is 12.3. The van der Waals surface area contributed by atoms with E-state index in [9.17, 15) is 61.0 Å². The molecule has 50 heavy (non-hydrogen) atoms. The van der Waals surface area contributed by atoms with Gasteiger partial charge in [-0.1, -0.05) is 11.6 Å². The van der Waals surface area contributed by atoms with Gasteiger partial charge < -0.3 is 79.5 Å². The molecule has 2 fully saturated rings. The minimum Gasteiger partial charge on any atom is -0.507 e. The maximum absolute atomic E-state index is 13.5. The zero-order valence-corrected chi connectivity index (χ0v) is 26.9. The zero-order chi connectivity index (χ0) is 36.6. The number of allylic oxidation sites excluding steroid dienone is 2. The Labute approximate surface area is 283 Å². The van der Waals surface area contributed by atoms with Crippen LogP contribution in [-0.2, 0) is 27.2 Å². The molecule has 3 heterocycles. The molecule has 1 aromatic heterocycles. The van der Waals surface area contributed by atoms with Gasteiger partial charge in [-0.25, -0.2) is 0 Å². The molecule has 2 aliphatic rings. The van der Waals surface area contributed by atoms with Gasteiger partial charge >= 0.3 is 0 Å². The molecule has 0 saturated carbocycles. The van der Waals surface area contributed by atoms with Gasteiger partial charge in [-0.15, -0.1) is 0 Å². The lowest BCUT2D eigenvalue weighted by molar-refractivity contribution is -0.357. The Bertz CT molecular complexity index is 1770. The number of hydrogen-bond donors (Lipinski definition) is 11. The molecule has 0 bridgehead atoms. The van der Waals surface area contributed by atoms with Crippen LogP contribution in [0, 0.1) is 0 Å². The zero-order valence-electron chi connectivity index (χ0n) is 26.9. The lowest BCUT2D eigenvalue weighted by Crippen LogP contribution is -2.65. The summed E-state index contributed by atoms with van der Waals surface area (Å²) in [5, 5.41) is 113. The van der Waals surface area contributed by atoms with Gasteiger partial charge in [-0.3, -0.25) is 4.79 Å². The third kappa shape index (κ3) is 7.16. The molecule has 0 radical (unpaired) electrons. The van der Waals surface area contributed by atoms with E-state index >= 15 is 0 Å². The van der Waals surface area contributed by atoms with E-state index in [0.717, 1.165) is 23.8 Å². The average Bonchev–Trinajstić information content (AvgIpc) is 3.07. The van der Waals surface area contributed by atoms with Gasteiger partial charge in [0.25, 0.3) is 0 Å². The van der Waals surface area contributed by atoms with E-state index in [2.05, 4.69) is 0 Å². The van der Waals surface area contributed by atoms with Crippen LogP contribution in [0.3, 0.4) is 0 Å². The summed E-state index contributed by atoms with van der Waals surface area (Å²) in [6, 6.07) is 4.70. The second-order valence-electron chi connectivity index (χ2n) is 12.3. The Hall–Kier alpha value is -3.85. The number of fused-ring (bicyclic) bond motifs is 1. The fourth-order valence-corrected chi connectivity index (χ4v) is 5.80. The predicted octanol–water partition coefficient (Wildman–Crippen LogP) is -1.42. The van der Waals surface area contributed by atoms with Crippen molar-refractivity contribution in [1.82, 2.24) is 0 Å². The molecular weight excluding hydrogens is 668 g/mol. The lowest BCUT2D eigenvalue weighted by atomic mass is 9.97. The molecule has 0 aliphatic carbocycles. The summed E-state index contributed by atoms with van der Waals surface area (Å²) in [5.74, 6) is -2.06. The Morgan fingerprint density at radius 1 is 0.800 bits per heavy atom. The monoisotopic (exact) mass is 708 g/mol. The number of aromatic hydroxyl groups is 3. The van der Waals surface area contributed by atoms with Gasteiger partial charge in [-0.05, 0) is 32.4 Å². The highest BCUT2D eigenvalue weighted by molar-refractivity contribution is 5.87. The van der Waals surface area contributed by atoms with E-state index in [-0.39, 0.29) is 45.6 Å². The number of ether oxygens (including phenoxy) is 4. The number of aliphatic hydroxyl groups is 8. The van der Waals surface area contributed by atoms with Crippen LogP contribution in [-0.4, -0.2) is 131 Å². The number of rotatable bonds is 10. The first-order chi connectivity index (χ1) is 23.7. The summed E-state index contributed by atoms with van der Waals surface area (Å²) in [4.78, 5) is 13.5. The minimum atomic E-state index is -1.91. The first kappa shape index (κ1) is 37.4. The van der Waals surface area contributed by atoms with Gasteiger partial charge in [0.05, 0.1) is 25.4 Å². The van der Waals surface area contributed by atoms with E-state index in [1.165, 1.54) is 6.07 Å². The van der Waals surface area contributed by atoms with E-state index in [1.54, 1.807) is 6.08 Å². The SMILES string of the molecule is CC(C)=CCc1cc(-c2oc3cc(OC4OC(CO)C(O)C(O)C4OC4OC(CO)C(O)C(O)C4O)cc(O)c3c(=O)c2CO)cc(O)c1O. The smallest absolute Gasteiger partial charge is 0.229 e. The third-order valence-electron chi connectivity index (χ3n) is 8.58. The fraction of sp³-hybridized carbons (Fsp3) is 0.485. The molecule has 3 aromatic rings. The van der Waals surface area contributed by atoms with Crippen LogP contribution >= 0.6 is 0 Å². The van der Waals surface area contributed by atoms with E-state index in [0.29, 0.717) is 0 Å². The van der Waals surface area contributed by atoms with Crippen LogP contribution in [0.4, 0.5) is 0 Å². The molecule has 17 heteroatoms. The molecule has 2 aromatic carbocycles. The maximum atomic E-state index is 13.5. The predicted molar refractivity (Wildman–Crippen MR) is 169 cm³/mol.